The summed E-state index contributed by atoms with van der Waals surface area (Å²) in [4.78, 5) is 19.2. The largest absolute Gasteiger partial charge is 0.460 e. The van der Waals surface area contributed by atoms with Gasteiger partial charge in [-0.3, -0.25) is 0 Å². The van der Waals surface area contributed by atoms with Crippen LogP contribution in [0.2, 0.25) is 0 Å². The molecule has 0 amide bonds. The summed E-state index contributed by atoms with van der Waals surface area (Å²) < 4.78 is 5.28. The molecule has 0 aliphatic carbocycles. The van der Waals surface area contributed by atoms with Crippen molar-refractivity contribution in [2.75, 3.05) is 31.2 Å². The second kappa shape index (κ2) is 9.78. The fourth-order valence-electron chi connectivity index (χ4n) is 2.07. The average Bonchev–Trinajstić information content (AvgIpc) is 2.97. The molecule has 0 bridgehead atoms. The summed E-state index contributed by atoms with van der Waals surface area (Å²) in [6.07, 6.45) is 0. The summed E-state index contributed by atoms with van der Waals surface area (Å²) in [5.41, 5.74) is 1.47. The van der Waals surface area contributed by atoms with Gasteiger partial charge < -0.3 is 14.6 Å². The first kappa shape index (κ1) is 18.0. The summed E-state index contributed by atoms with van der Waals surface area (Å²) in [5.74, 6) is -0.289. The molecule has 1 aromatic heterocycles. The van der Waals surface area contributed by atoms with Gasteiger partial charge in [0.1, 0.15) is 12.3 Å². The second-order valence-corrected chi connectivity index (χ2v) is 4.43. The third-order valence-corrected chi connectivity index (χ3v) is 3.28. The summed E-state index contributed by atoms with van der Waals surface area (Å²) in [6, 6.07) is 9.63. The van der Waals surface area contributed by atoms with Gasteiger partial charge in [0.05, 0.1) is 0 Å². The van der Waals surface area contributed by atoms with E-state index in [-0.39, 0.29) is 5.97 Å². The number of para-hydroxylation sites is 1. The second-order valence-electron chi connectivity index (χ2n) is 4.43. The van der Waals surface area contributed by atoms with Crippen molar-refractivity contribution in [1.82, 2.24) is 9.88 Å². The van der Waals surface area contributed by atoms with Crippen molar-refractivity contribution >= 4 is 39.5 Å². The standard InChI is InChI=1S/C15H20N2O2.CH3I/c1-3-17(4-2)9-10-19-15(18)14-11-12-7-5-6-8-13(12)16-14;1-2/h5-8,11,16H,3-4,9-10H2,1-2H3;1H3. The highest BCUT2D eigenvalue weighted by Gasteiger charge is 2.10. The number of carbonyl (C=O) groups excluding carboxylic acids is 1. The van der Waals surface area contributed by atoms with Crippen molar-refractivity contribution in [2.24, 2.45) is 0 Å². The number of hydrogen-bond acceptors (Lipinski definition) is 3. The Kier molecular flexibility index (Phi) is 8.37. The molecule has 5 heteroatoms. The molecule has 0 atom stereocenters. The number of aromatic amines is 1. The summed E-state index contributed by atoms with van der Waals surface area (Å²) in [6.45, 7) is 7.35. The van der Waals surface area contributed by atoms with E-state index in [4.69, 9.17) is 4.74 Å². The number of carbonyl (C=O) groups is 1. The summed E-state index contributed by atoms with van der Waals surface area (Å²) in [7, 11) is 0. The molecule has 0 fully saturated rings. The third kappa shape index (κ3) is 5.32. The van der Waals surface area contributed by atoms with E-state index in [2.05, 4.69) is 46.3 Å². The van der Waals surface area contributed by atoms with Gasteiger partial charge in [-0.05, 0) is 30.2 Å². The molecule has 1 heterocycles. The van der Waals surface area contributed by atoms with Gasteiger partial charge in [0, 0.05) is 17.4 Å². The van der Waals surface area contributed by atoms with Crippen LogP contribution < -0.4 is 0 Å². The number of nitrogens with one attached hydrogen (secondary N) is 1. The minimum absolute atomic E-state index is 0.289. The zero-order chi connectivity index (χ0) is 15.7. The molecular weight excluding hydrogens is 379 g/mol. The number of aromatic nitrogens is 1. The number of nitrogens with zero attached hydrogens (tertiary/aromatic N) is 1. The molecular formula is C16H23IN2O2. The maximum absolute atomic E-state index is 11.9. The van der Waals surface area contributed by atoms with Crippen molar-refractivity contribution in [3.63, 3.8) is 0 Å². The Bertz CT molecular complexity index is 517. The zero-order valence-electron chi connectivity index (χ0n) is 12.9. The lowest BCUT2D eigenvalue weighted by Crippen LogP contribution is -2.27. The van der Waals surface area contributed by atoms with Crippen LogP contribution in [0.3, 0.4) is 0 Å². The Morgan fingerprint density at radius 2 is 1.90 bits per heavy atom. The Balaban J connectivity index is 0.00000106. The predicted molar refractivity (Wildman–Crippen MR) is 96.3 cm³/mol. The van der Waals surface area contributed by atoms with Gasteiger partial charge in [-0.2, -0.15) is 0 Å². The molecule has 0 aliphatic heterocycles. The van der Waals surface area contributed by atoms with Crippen LogP contribution in [0.5, 0.6) is 0 Å². The van der Waals surface area contributed by atoms with E-state index in [1.807, 2.05) is 35.3 Å². The van der Waals surface area contributed by atoms with Crippen molar-refractivity contribution in [1.29, 1.82) is 0 Å². The Morgan fingerprint density at radius 1 is 1.24 bits per heavy atom. The lowest BCUT2D eigenvalue weighted by atomic mass is 10.2. The first-order valence-corrected chi connectivity index (χ1v) is 9.25. The van der Waals surface area contributed by atoms with Crippen molar-refractivity contribution in [2.45, 2.75) is 13.8 Å². The number of halogens is 1. The van der Waals surface area contributed by atoms with Gasteiger partial charge in [0.2, 0.25) is 0 Å². The van der Waals surface area contributed by atoms with E-state index in [0.29, 0.717) is 12.3 Å². The topological polar surface area (TPSA) is 45.3 Å². The lowest BCUT2D eigenvalue weighted by Gasteiger charge is -2.17. The zero-order valence-corrected chi connectivity index (χ0v) is 15.0. The molecule has 1 aromatic carbocycles. The van der Waals surface area contributed by atoms with Crippen molar-refractivity contribution in [3.8, 4) is 0 Å². The van der Waals surface area contributed by atoms with E-state index in [9.17, 15) is 4.79 Å². The minimum Gasteiger partial charge on any atom is -0.460 e. The molecule has 116 valence electrons. The number of H-pyrrole nitrogens is 1. The molecule has 4 nitrogen and oxygen atoms in total. The Labute approximate surface area is 140 Å². The van der Waals surface area contributed by atoms with E-state index in [0.717, 1.165) is 30.5 Å². The van der Waals surface area contributed by atoms with Gasteiger partial charge in [-0.15, -0.1) is 0 Å². The van der Waals surface area contributed by atoms with Crippen molar-refractivity contribution in [3.05, 3.63) is 36.0 Å². The van der Waals surface area contributed by atoms with Crippen LogP contribution in [0.1, 0.15) is 24.3 Å². The number of rotatable bonds is 6. The molecule has 0 aliphatic rings. The highest BCUT2D eigenvalue weighted by molar-refractivity contribution is 14.1. The number of benzene rings is 1. The fraction of sp³-hybridized carbons (Fsp3) is 0.438. The molecule has 0 radical (unpaired) electrons. The van der Waals surface area contributed by atoms with E-state index >= 15 is 0 Å². The van der Waals surface area contributed by atoms with E-state index in [1.54, 1.807) is 0 Å². The maximum atomic E-state index is 11.9. The van der Waals surface area contributed by atoms with Crippen LogP contribution in [0.4, 0.5) is 0 Å². The first-order valence-electron chi connectivity index (χ1n) is 7.09. The van der Waals surface area contributed by atoms with Gasteiger partial charge in [0.25, 0.3) is 0 Å². The summed E-state index contributed by atoms with van der Waals surface area (Å²) in [5, 5.41) is 1.03. The van der Waals surface area contributed by atoms with Crippen LogP contribution in [-0.2, 0) is 4.74 Å². The minimum atomic E-state index is -0.289. The van der Waals surface area contributed by atoms with E-state index < -0.39 is 0 Å². The quantitative estimate of drug-likeness (QED) is 0.455. The average molecular weight is 402 g/mol. The van der Waals surface area contributed by atoms with Crippen LogP contribution in [0, 0.1) is 0 Å². The number of hydrogen-bond donors (Lipinski definition) is 1. The molecule has 0 unspecified atom stereocenters. The molecule has 2 aromatic rings. The lowest BCUT2D eigenvalue weighted by molar-refractivity contribution is 0.0461. The molecule has 1 N–H and O–H groups in total. The Morgan fingerprint density at radius 3 is 2.52 bits per heavy atom. The van der Waals surface area contributed by atoms with Crippen LogP contribution in [-0.4, -0.2) is 47.0 Å². The van der Waals surface area contributed by atoms with Crippen LogP contribution in [0.15, 0.2) is 30.3 Å². The monoisotopic (exact) mass is 402 g/mol. The van der Waals surface area contributed by atoms with Crippen LogP contribution >= 0.6 is 22.6 Å². The number of esters is 1. The number of likely N-dealkylation sites (N-methyl/N-ethyl adjacent to an activating group) is 1. The molecule has 0 saturated heterocycles. The van der Waals surface area contributed by atoms with E-state index in [1.165, 1.54) is 0 Å². The molecule has 21 heavy (non-hydrogen) atoms. The highest BCUT2D eigenvalue weighted by Crippen LogP contribution is 2.15. The number of ether oxygens (including phenoxy) is 1. The van der Waals surface area contributed by atoms with Crippen molar-refractivity contribution < 1.29 is 9.53 Å². The normalized spacial score (nSPS) is 10.3. The van der Waals surface area contributed by atoms with Gasteiger partial charge in [-0.25, -0.2) is 4.79 Å². The number of fused-ring (bicyclic) bond motifs is 1. The van der Waals surface area contributed by atoms with Crippen LogP contribution in [0.25, 0.3) is 10.9 Å². The first-order chi connectivity index (χ1) is 10.2. The van der Waals surface area contributed by atoms with Gasteiger partial charge >= 0.3 is 5.97 Å². The maximum Gasteiger partial charge on any atom is 0.354 e. The van der Waals surface area contributed by atoms with Gasteiger partial charge in [0.15, 0.2) is 0 Å². The molecule has 0 spiro atoms. The number of alkyl halides is 1. The smallest absolute Gasteiger partial charge is 0.354 e. The predicted octanol–water partition coefficient (Wildman–Crippen LogP) is 3.72. The molecule has 0 saturated carbocycles. The summed E-state index contributed by atoms with van der Waals surface area (Å²) >= 11 is 2.15. The highest BCUT2D eigenvalue weighted by atomic mass is 127. The SMILES string of the molecule is CCN(CC)CCOC(=O)c1cc2ccccc2[nH]1.CI. The fourth-order valence-corrected chi connectivity index (χ4v) is 2.07. The third-order valence-electron chi connectivity index (χ3n) is 3.28. The molecule has 2 rings (SSSR count). The Hall–Kier alpha value is -1.08. The van der Waals surface area contributed by atoms with Gasteiger partial charge in [-0.1, -0.05) is 54.6 Å².